The van der Waals surface area contributed by atoms with Crippen molar-refractivity contribution in [1.82, 2.24) is 0 Å². The van der Waals surface area contributed by atoms with E-state index in [1.165, 1.54) is 0 Å². The fourth-order valence-electron chi connectivity index (χ4n) is 1.82. The van der Waals surface area contributed by atoms with E-state index in [0.29, 0.717) is 16.9 Å². The molecule has 98 valence electrons. The lowest BCUT2D eigenvalue weighted by atomic mass is 10.1. The summed E-state index contributed by atoms with van der Waals surface area (Å²) in [7, 11) is 1.60. The first-order valence-electron chi connectivity index (χ1n) is 5.92. The van der Waals surface area contributed by atoms with Gasteiger partial charge in [0.25, 0.3) is 5.91 Å². The standard InChI is InChI=1S/C15H16N2O2/c1-10-9-11(7-8-14(10)19-2)15(18)17-13-6-4-3-5-12(13)16/h3-9H,16H2,1-2H3,(H,17,18). The number of nitrogens with two attached hydrogens (primary N) is 1. The third-order valence-electron chi connectivity index (χ3n) is 2.87. The fourth-order valence-corrected chi connectivity index (χ4v) is 1.82. The van der Waals surface area contributed by atoms with Gasteiger partial charge >= 0.3 is 0 Å². The predicted octanol–water partition coefficient (Wildman–Crippen LogP) is 2.84. The maximum Gasteiger partial charge on any atom is 0.255 e. The number of carbonyl (C=O) groups excluding carboxylic acids is 1. The number of amides is 1. The van der Waals surface area contributed by atoms with Crippen LogP contribution in [-0.2, 0) is 0 Å². The van der Waals surface area contributed by atoms with Gasteiger partial charge in [0.05, 0.1) is 18.5 Å². The molecule has 3 N–H and O–H groups in total. The van der Waals surface area contributed by atoms with E-state index in [1.807, 2.05) is 19.1 Å². The molecule has 0 fully saturated rings. The number of hydrogen-bond acceptors (Lipinski definition) is 3. The molecule has 4 heteroatoms. The number of carbonyl (C=O) groups is 1. The van der Waals surface area contributed by atoms with Gasteiger partial charge in [0.2, 0.25) is 0 Å². The molecular formula is C15H16N2O2. The summed E-state index contributed by atoms with van der Waals surface area (Å²) >= 11 is 0. The molecule has 4 nitrogen and oxygen atoms in total. The van der Waals surface area contributed by atoms with Crippen molar-refractivity contribution < 1.29 is 9.53 Å². The van der Waals surface area contributed by atoms with Crippen LogP contribution < -0.4 is 15.8 Å². The number of aryl methyl sites for hydroxylation is 1. The first kappa shape index (κ1) is 13.0. The molecule has 0 atom stereocenters. The molecule has 0 aromatic heterocycles. The summed E-state index contributed by atoms with van der Waals surface area (Å²) in [4.78, 5) is 12.1. The van der Waals surface area contributed by atoms with Gasteiger partial charge in [-0.05, 0) is 42.8 Å². The molecule has 0 aliphatic heterocycles. The predicted molar refractivity (Wildman–Crippen MR) is 76.5 cm³/mol. The quantitative estimate of drug-likeness (QED) is 0.830. The molecule has 0 radical (unpaired) electrons. The average molecular weight is 256 g/mol. The summed E-state index contributed by atoms with van der Waals surface area (Å²) in [6, 6.07) is 12.4. The number of nitrogen functional groups attached to an aromatic ring is 1. The lowest BCUT2D eigenvalue weighted by molar-refractivity contribution is 0.102. The molecule has 0 aliphatic rings. The minimum Gasteiger partial charge on any atom is -0.496 e. The zero-order valence-electron chi connectivity index (χ0n) is 10.9. The Balaban J connectivity index is 2.21. The highest BCUT2D eigenvalue weighted by atomic mass is 16.5. The van der Waals surface area contributed by atoms with E-state index in [4.69, 9.17) is 10.5 Å². The Morgan fingerprint density at radius 1 is 1.21 bits per heavy atom. The van der Waals surface area contributed by atoms with E-state index in [-0.39, 0.29) is 5.91 Å². The Kier molecular flexibility index (Phi) is 3.71. The topological polar surface area (TPSA) is 64.3 Å². The molecule has 0 saturated carbocycles. The van der Waals surface area contributed by atoms with Gasteiger partial charge in [-0.1, -0.05) is 12.1 Å². The van der Waals surface area contributed by atoms with Crippen molar-refractivity contribution in [1.29, 1.82) is 0 Å². The molecule has 19 heavy (non-hydrogen) atoms. The van der Waals surface area contributed by atoms with Crippen molar-refractivity contribution in [2.45, 2.75) is 6.92 Å². The van der Waals surface area contributed by atoms with E-state index in [9.17, 15) is 4.79 Å². The number of nitrogens with one attached hydrogen (secondary N) is 1. The Bertz CT molecular complexity index is 609. The molecule has 1 amide bonds. The van der Waals surface area contributed by atoms with Crippen LogP contribution in [-0.4, -0.2) is 13.0 Å². The zero-order valence-corrected chi connectivity index (χ0v) is 10.9. The van der Waals surface area contributed by atoms with Crippen LogP contribution in [0.4, 0.5) is 11.4 Å². The number of hydrogen-bond donors (Lipinski definition) is 2. The van der Waals surface area contributed by atoms with Crippen LogP contribution >= 0.6 is 0 Å². The summed E-state index contributed by atoms with van der Waals surface area (Å²) in [5.74, 6) is 0.569. The third kappa shape index (κ3) is 2.85. The largest absolute Gasteiger partial charge is 0.496 e. The van der Waals surface area contributed by atoms with E-state index in [1.54, 1.807) is 37.4 Å². The van der Waals surface area contributed by atoms with Crippen LogP contribution in [0.3, 0.4) is 0 Å². The van der Waals surface area contributed by atoms with Crippen molar-refractivity contribution >= 4 is 17.3 Å². The van der Waals surface area contributed by atoms with Gasteiger partial charge in [0.15, 0.2) is 0 Å². The highest BCUT2D eigenvalue weighted by Crippen LogP contribution is 2.21. The number of methoxy groups -OCH3 is 1. The van der Waals surface area contributed by atoms with E-state index in [2.05, 4.69) is 5.32 Å². The van der Waals surface area contributed by atoms with Crippen LogP contribution in [0.5, 0.6) is 5.75 Å². The van der Waals surface area contributed by atoms with Crippen molar-refractivity contribution in [3.8, 4) is 5.75 Å². The summed E-state index contributed by atoms with van der Waals surface area (Å²) in [5, 5.41) is 2.79. The average Bonchev–Trinajstić information content (AvgIpc) is 2.41. The van der Waals surface area contributed by atoms with Gasteiger partial charge < -0.3 is 15.8 Å². The summed E-state index contributed by atoms with van der Waals surface area (Å²) in [6.45, 7) is 1.90. The van der Waals surface area contributed by atoms with Crippen LogP contribution in [0.25, 0.3) is 0 Å². The van der Waals surface area contributed by atoms with Gasteiger partial charge in [-0.25, -0.2) is 0 Å². The second kappa shape index (κ2) is 5.44. The molecule has 0 heterocycles. The lowest BCUT2D eigenvalue weighted by Gasteiger charge is -2.09. The van der Waals surface area contributed by atoms with Gasteiger partial charge in [0.1, 0.15) is 5.75 Å². The van der Waals surface area contributed by atoms with Gasteiger partial charge in [0, 0.05) is 5.56 Å². The summed E-state index contributed by atoms with van der Waals surface area (Å²) in [5.41, 5.74) is 8.43. The monoisotopic (exact) mass is 256 g/mol. The van der Waals surface area contributed by atoms with Gasteiger partial charge in [-0.2, -0.15) is 0 Å². The molecular weight excluding hydrogens is 240 g/mol. The van der Waals surface area contributed by atoms with Gasteiger partial charge in [-0.3, -0.25) is 4.79 Å². The van der Waals surface area contributed by atoms with E-state index < -0.39 is 0 Å². The summed E-state index contributed by atoms with van der Waals surface area (Å²) < 4.78 is 5.17. The number of anilines is 2. The number of benzene rings is 2. The minimum atomic E-state index is -0.191. The minimum absolute atomic E-state index is 0.191. The van der Waals surface area contributed by atoms with Crippen LogP contribution in [0.2, 0.25) is 0 Å². The van der Waals surface area contributed by atoms with E-state index in [0.717, 1.165) is 11.3 Å². The Hall–Kier alpha value is -2.49. The Labute approximate surface area is 112 Å². The molecule has 2 aromatic carbocycles. The van der Waals surface area contributed by atoms with Crippen molar-refractivity contribution in [3.63, 3.8) is 0 Å². The van der Waals surface area contributed by atoms with E-state index >= 15 is 0 Å². The van der Waals surface area contributed by atoms with Gasteiger partial charge in [-0.15, -0.1) is 0 Å². The highest BCUT2D eigenvalue weighted by Gasteiger charge is 2.09. The molecule has 2 rings (SSSR count). The number of rotatable bonds is 3. The molecule has 0 bridgehead atoms. The lowest BCUT2D eigenvalue weighted by Crippen LogP contribution is -2.13. The normalized spacial score (nSPS) is 10.0. The summed E-state index contributed by atoms with van der Waals surface area (Å²) in [6.07, 6.45) is 0. The molecule has 0 saturated heterocycles. The zero-order chi connectivity index (χ0) is 13.8. The highest BCUT2D eigenvalue weighted by molar-refractivity contribution is 6.05. The van der Waals surface area contributed by atoms with Crippen LogP contribution in [0.15, 0.2) is 42.5 Å². The molecule has 0 aliphatic carbocycles. The van der Waals surface area contributed by atoms with Crippen molar-refractivity contribution in [2.24, 2.45) is 0 Å². The third-order valence-corrected chi connectivity index (χ3v) is 2.87. The fraction of sp³-hybridized carbons (Fsp3) is 0.133. The van der Waals surface area contributed by atoms with Crippen molar-refractivity contribution in [3.05, 3.63) is 53.6 Å². The smallest absolute Gasteiger partial charge is 0.255 e. The van der Waals surface area contributed by atoms with Crippen LogP contribution in [0.1, 0.15) is 15.9 Å². The second-order valence-electron chi connectivity index (χ2n) is 4.23. The van der Waals surface area contributed by atoms with Crippen molar-refractivity contribution in [2.75, 3.05) is 18.2 Å². The molecule has 0 unspecified atom stereocenters. The first-order chi connectivity index (χ1) is 9.11. The SMILES string of the molecule is COc1ccc(C(=O)Nc2ccccc2N)cc1C. The molecule has 0 spiro atoms. The second-order valence-corrected chi connectivity index (χ2v) is 4.23. The first-order valence-corrected chi connectivity index (χ1v) is 5.92. The van der Waals surface area contributed by atoms with Crippen LogP contribution in [0, 0.1) is 6.92 Å². The molecule has 2 aromatic rings. The number of ether oxygens (including phenoxy) is 1. The number of para-hydroxylation sites is 2. The Morgan fingerprint density at radius 3 is 2.58 bits per heavy atom. The Morgan fingerprint density at radius 2 is 1.95 bits per heavy atom. The maximum absolute atomic E-state index is 12.1. The maximum atomic E-state index is 12.1.